The SMILES string of the molecule is Cc1ccc(C#CCO)cc1C(=O)N(CCO)CC(F)F. The van der Waals surface area contributed by atoms with Crippen molar-refractivity contribution in [2.45, 2.75) is 13.3 Å². The Morgan fingerprint density at radius 1 is 1.38 bits per heavy atom. The highest BCUT2D eigenvalue weighted by Crippen LogP contribution is 2.14. The lowest BCUT2D eigenvalue weighted by Crippen LogP contribution is -2.37. The smallest absolute Gasteiger partial charge is 0.255 e. The predicted octanol–water partition coefficient (Wildman–Crippen LogP) is 1.04. The zero-order valence-electron chi connectivity index (χ0n) is 11.6. The summed E-state index contributed by atoms with van der Waals surface area (Å²) in [5, 5.41) is 17.6. The van der Waals surface area contributed by atoms with Gasteiger partial charge >= 0.3 is 0 Å². The van der Waals surface area contributed by atoms with Gasteiger partial charge in [-0.05, 0) is 24.6 Å². The molecule has 0 spiro atoms. The molecule has 0 aliphatic rings. The molecule has 114 valence electrons. The molecule has 1 amide bonds. The van der Waals surface area contributed by atoms with Gasteiger partial charge in [0.25, 0.3) is 12.3 Å². The molecular formula is C15H17F2NO3. The summed E-state index contributed by atoms with van der Waals surface area (Å²) in [4.78, 5) is 13.2. The van der Waals surface area contributed by atoms with Crippen LogP contribution in [-0.4, -0.2) is 53.7 Å². The molecular weight excluding hydrogens is 280 g/mol. The number of nitrogens with zero attached hydrogens (tertiary/aromatic N) is 1. The number of benzene rings is 1. The van der Waals surface area contributed by atoms with Crippen LogP contribution in [0.4, 0.5) is 8.78 Å². The average Bonchev–Trinajstić information content (AvgIpc) is 2.45. The Kier molecular flexibility index (Phi) is 6.79. The Morgan fingerprint density at radius 2 is 2.10 bits per heavy atom. The molecule has 0 aromatic heterocycles. The van der Waals surface area contributed by atoms with Crippen LogP contribution in [0.25, 0.3) is 0 Å². The van der Waals surface area contributed by atoms with E-state index >= 15 is 0 Å². The van der Waals surface area contributed by atoms with Crippen LogP contribution in [0.1, 0.15) is 21.5 Å². The predicted molar refractivity (Wildman–Crippen MR) is 74.1 cm³/mol. The molecule has 2 N–H and O–H groups in total. The molecule has 21 heavy (non-hydrogen) atoms. The van der Waals surface area contributed by atoms with Crippen LogP contribution in [0, 0.1) is 18.8 Å². The Balaban J connectivity index is 3.08. The standard InChI is InChI=1S/C15H17F2NO3/c1-11-4-5-12(3-2-7-19)9-13(11)15(21)18(6-8-20)10-14(16)17/h4-5,9,14,19-20H,6-8,10H2,1H3. The van der Waals surface area contributed by atoms with Gasteiger partial charge in [-0.2, -0.15) is 0 Å². The van der Waals surface area contributed by atoms with Gasteiger partial charge in [0.2, 0.25) is 0 Å². The highest BCUT2D eigenvalue weighted by atomic mass is 19.3. The van der Waals surface area contributed by atoms with E-state index in [-0.39, 0.29) is 25.3 Å². The number of rotatable bonds is 5. The van der Waals surface area contributed by atoms with Crippen molar-refractivity contribution >= 4 is 5.91 Å². The van der Waals surface area contributed by atoms with E-state index in [0.29, 0.717) is 11.1 Å². The molecule has 4 nitrogen and oxygen atoms in total. The summed E-state index contributed by atoms with van der Waals surface area (Å²) in [6, 6.07) is 4.84. The van der Waals surface area contributed by atoms with Crippen LogP contribution in [0.5, 0.6) is 0 Å². The van der Waals surface area contributed by atoms with E-state index in [0.717, 1.165) is 4.90 Å². The van der Waals surface area contributed by atoms with Gasteiger partial charge in [0.1, 0.15) is 6.61 Å². The fourth-order valence-corrected chi connectivity index (χ4v) is 1.81. The van der Waals surface area contributed by atoms with Gasteiger partial charge in [-0.3, -0.25) is 4.79 Å². The van der Waals surface area contributed by atoms with Crippen molar-refractivity contribution in [2.24, 2.45) is 0 Å². The molecule has 0 aliphatic heterocycles. The first kappa shape index (κ1) is 17.1. The van der Waals surface area contributed by atoms with E-state index in [1.54, 1.807) is 19.1 Å². The molecule has 0 saturated heterocycles. The van der Waals surface area contributed by atoms with Gasteiger partial charge in [-0.15, -0.1) is 0 Å². The fourth-order valence-electron chi connectivity index (χ4n) is 1.81. The summed E-state index contributed by atoms with van der Waals surface area (Å²) in [6.07, 6.45) is -2.67. The third kappa shape index (κ3) is 5.14. The third-order valence-corrected chi connectivity index (χ3v) is 2.80. The lowest BCUT2D eigenvalue weighted by atomic mass is 10.0. The van der Waals surface area contributed by atoms with Gasteiger partial charge in [0.05, 0.1) is 13.2 Å². The second-order valence-electron chi connectivity index (χ2n) is 4.36. The summed E-state index contributed by atoms with van der Waals surface area (Å²) in [6.45, 7) is 0.108. The number of carbonyl (C=O) groups is 1. The van der Waals surface area contributed by atoms with Crippen LogP contribution in [0.2, 0.25) is 0 Å². The van der Waals surface area contributed by atoms with Crippen LogP contribution < -0.4 is 0 Å². The van der Waals surface area contributed by atoms with Gasteiger partial charge in [0.15, 0.2) is 0 Å². The molecule has 0 bridgehead atoms. The van der Waals surface area contributed by atoms with Crippen LogP contribution in [0.3, 0.4) is 0 Å². The van der Waals surface area contributed by atoms with Gasteiger partial charge in [-0.25, -0.2) is 8.78 Å². The molecule has 1 rings (SSSR count). The molecule has 0 saturated carbocycles. The maximum atomic E-state index is 12.5. The minimum atomic E-state index is -2.67. The Labute approximate surface area is 122 Å². The first-order chi connectivity index (χ1) is 9.99. The molecule has 6 heteroatoms. The average molecular weight is 297 g/mol. The maximum Gasteiger partial charge on any atom is 0.255 e. The second kappa shape index (κ2) is 8.35. The number of amides is 1. The third-order valence-electron chi connectivity index (χ3n) is 2.80. The van der Waals surface area contributed by atoms with E-state index in [2.05, 4.69) is 11.8 Å². The van der Waals surface area contributed by atoms with Crippen molar-refractivity contribution < 1.29 is 23.8 Å². The molecule has 1 aromatic rings. The number of aryl methyl sites for hydroxylation is 1. The van der Waals surface area contributed by atoms with Crippen molar-refractivity contribution in [1.29, 1.82) is 0 Å². The second-order valence-corrected chi connectivity index (χ2v) is 4.36. The van der Waals surface area contributed by atoms with Crippen molar-refractivity contribution in [2.75, 3.05) is 26.3 Å². The lowest BCUT2D eigenvalue weighted by molar-refractivity contribution is 0.0508. The zero-order chi connectivity index (χ0) is 15.8. The minimum Gasteiger partial charge on any atom is -0.395 e. The van der Waals surface area contributed by atoms with Crippen LogP contribution in [-0.2, 0) is 0 Å². The van der Waals surface area contributed by atoms with Crippen molar-refractivity contribution in [1.82, 2.24) is 4.90 Å². The highest BCUT2D eigenvalue weighted by molar-refractivity contribution is 5.96. The number of hydrogen-bond acceptors (Lipinski definition) is 3. The van der Waals surface area contributed by atoms with E-state index in [9.17, 15) is 13.6 Å². The van der Waals surface area contributed by atoms with Crippen molar-refractivity contribution in [3.63, 3.8) is 0 Å². The van der Waals surface area contributed by atoms with E-state index in [4.69, 9.17) is 10.2 Å². The molecule has 0 atom stereocenters. The summed E-state index contributed by atoms with van der Waals surface area (Å²) >= 11 is 0. The topological polar surface area (TPSA) is 60.8 Å². The van der Waals surface area contributed by atoms with E-state index < -0.39 is 18.9 Å². The zero-order valence-corrected chi connectivity index (χ0v) is 11.6. The molecule has 0 aliphatic carbocycles. The quantitative estimate of drug-likeness (QED) is 0.798. The normalized spacial score (nSPS) is 10.2. The van der Waals surface area contributed by atoms with Gasteiger partial charge in [-0.1, -0.05) is 17.9 Å². The van der Waals surface area contributed by atoms with Crippen molar-refractivity contribution in [3.05, 3.63) is 34.9 Å². The molecule has 0 heterocycles. The van der Waals surface area contributed by atoms with Crippen molar-refractivity contribution in [3.8, 4) is 11.8 Å². The van der Waals surface area contributed by atoms with Crippen LogP contribution in [0.15, 0.2) is 18.2 Å². The Hall–Kier alpha value is -1.97. The number of halogens is 2. The lowest BCUT2D eigenvalue weighted by Gasteiger charge is -2.22. The Morgan fingerprint density at radius 3 is 2.67 bits per heavy atom. The van der Waals surface area contributed by atoms with Gasteiger partial charge in [0, 0.05) is 17.7 Å². The fraction of sp³-hybridized carbons (Fsp3) is 0.400. The first-order valence-electron chi connectivity index (χ1n) is 6.38. The first-order valence-corrected chi connectivity index (χ1v) is 6.38. The summed E-state index contributed by atoms with van der Waals surface area (Å²) in [7, 11) is 0. The number of carbonyl (C=O) groups excluding carboxylic acids is 1. The molecule has 0 fully saturated rings. The molecule has 0 unspecified atom stereocenters. The number of aliphatic hydroxyl groups excluding tert-OH is 2. The highest BCUT2D eigenvalue weighted by Gasteiger charge is 2.20. The molecule has 0 radical (unpaired) electrons. The summed E-state index contributed by atoms with van der Waals surface area (Å²) < 4.78 is 25.0. The monoisotopic (exact) mass is 297 g/mol. The number of alkyl halides is 2. The Bertz CT molecular complexity index is 550. The largest absolute Gasteiger partial charge is 0.395 e. The minimum absolute atomic E-state index is 0.158. The number of hydrogen-bond donors (Lipinski definition) is 2. The van der Waals surface area contributed by atoms with E-state index in [1.165, 1.54) is 6.07 Å². The van der Waals surface area contributed by atoms with Crippen LogP contribution >= 0.6 is 0 Å². The molecule has 1 aromatic carbocycles. The van der Waals surface area contributed by atoms with E-state index in [1.807, 2.05) is 0 Å². The summed E-state index contributed by atoms with van der Waals surface area (Å²) in [5.41, 5.74) is 1.40. The maximum absolute atomic E-state index is 12.5. The summed E-state index contributed by atoms with van der Waals surface area (Å²) in [5.74, 6) is 4.54. The number of aliphatic hydroxyl groups is 2. The van der Waals surface area contributed by atoms with Gasteiger partial charge < -0.3 is 15.1 Å².